The van der Waals surface area contributed by atoms with Gasteiger partial charge < -0.3 is 9.51 Å². The molecule has 84 valence electrons. The van der Waals surface area contributed by atoms with E-state index in [1.807, 2.05) is 6.07 Å². The molecule has 0 saturated carbocycles. The Morgan fingerprint density at radius 1 is 1.24 bits per heavy atom. The third kappa shape index (κ3) is 1.59. The Balaban J connectivity index is 2.29. The fourth-order valence-electron chi connectivity index (χ4n) is 1.59. The molecule has 17 heavy (non-hydrogen) atoms. The van der Waals surface area contributed by atoms with Crippen molar-refractivity contribution in [1.29, 1.82) is 0 Å². The lowest BCUT2D eigenvalue weighted by Gasteiger charge is -1.97. The van der Waals surface area contributed by atoms with Crippen molar-refractivity contribution in [1.82, 2.24) is 20.1 Å². The van der Waals surface area contributed by atoms with Gasteiger partial charge in [-0.2, -0.15) is 4.98 Å². The molecule has 0 aliphatic rings. The number of H-pyrrole nitrogens is 1. The average molecular weight is 228 g/mol. The van der Waals surface area contributed by atoms with E-state index in [2.05, 4.69) is 20.1 Å². The summed E-state index contributed by atoms with van der Waals surface area (Å²) >= 11 is 0. The van der Waals surface area contributed by atoms with Gasteiger partial charge in [0.2, 0.25) is 11.7 Å². The van der Waals surface area contributed by atoms with E-state index in [-0.39, 0.29) is 11.4 Å². The summed E-state index contributed by atoms with van der Waals surface area (Å²) < 4.78 is 4.85. The van der Waals surface area contributed by atoms with Crippen LogP contribution in [0.4, 0.5) is 0 Å². The first-order chi connectivity index (χ1) is 8.24. The molecule has 6 heteroatoms. The van der Waals surface area contributed by atoms with Crippen molar-refractivity contribution in [2.75, 3.05) is 0 Å². The molecule has 3 aromatic rings. The van der Waals surface area contributed by atoms with E-state index >= 15 is 0 Å². The molecule has 2 heterocycles. The molecule has 1 aromatic carbocycles. The van der Waals surface area contributed by atoms with Gasteiger partial charge in [-0.1, -0.05) is 17.3 Å². The topological polar surface area (TPSA) is 84.7 Å². The van der Waals surface area contributed by atoms with E-state index < -0.39 is 0 Å². The van der Waals surface area contributed by atoms with Gasteiger partial charge in [-0.25, -0.2) is 4.98 Å². The van der Waals surface area contributed by atoms with Crippen LogP contribution in [0.3, 0.4) is 0 Å². The summed E-state index contributed by atoms with van der Waals surface area (Å²) in [5, 5.41) is 4.25. The van der Waals surface area contributed by atoms with Gasteiger partial charge in [-0.3, -0.25) is 4.79 Å². The number of benzene rings is 1. The fourth-order valence-corrected chi connectivity index (χ4v) is 1.59. The van der Waals surface area contributed by atoms with E-state index in [4.69, 9.17) is 4.52 Å². The van der Waals surface area contributed by atoms with E-state index in [1.165, 1.54) is 0 Å². The summed E-state index contributed by atoms with van der Waals surface area (Å²) in [5.41, 5.74) is 0.391. The van der Waals surface area contributed by atoms with E-state index in [1.54, 1.807) is 25.1 Å². The molecular weight excluding hydrogens is 220 g/mol. The molecule has 6 nitrogen and oxygen atoms in total. The normalized spacial score (nSPS) is 10.9. The van der Waals surface area contributed by atoms with Crippen molar-refractivity contribution in [2.45, 2.75) is 6.92 Å². The Kier molecular flexibility index (Phi) is 2.01. The van der Waals surface area contributed by atoms with Gasteiger partial charge in [0.1, 0.15) is 0 Å². The highest BCUT2D eigenvalue weighted by Gasteiger charge is 2.10. The number of nitrogens with zero attached hydrogens (tertiary/aromatic N) is 3. The Labute approximate surface area is 95.3 Å². The van der Waals surface area contributed by atoms with Crippen molar-refractivity contribution in [3.8, 4) is 11.6 Å². The molecule has 0 amide bonds. The van der Waals surface area contributed by atoms with Crippen LogP contribution >= 0.6 is 0 Å². The van der Waals surface area contributed by atoms with Crippen LogP contribution in [0.15, 0.2) is 33.6 Å². The SMILES string of the molecule is Cc1nc(-c2nc3ccccc3c(=O)[nH]2)no1. The molecule has 0 spiro atoms. The van der Waals surface area contributed by atoms with Crippen molar-refractivity contribution in [2.24, 2.45) is 0 Å². The summed E-state index contributed by atoms with van der Waals surface area (Å²) in [6.07, 6.45) is 0. The fraction of sp³-hybridized carbons (Fsp3) is 0.0909. The maximum absolute atomic E-state index is 11.8. The van der Waals surface area contributed by atoms with Crippen LogP contribution in [0.25, 0.3) is 22.6 Å². The lowest BCUT2D eigenvalue weighted by atomic mass is 10.2. The summed E-state index contributed by atoms with van der Waals surface area (Å²) in [7, 11) is 0. The van der Waals surface area contributed by atoms with Crippen LogP contribution in [0.5, 0.6) is 0 Å². The highest BCUT2D eigenvalue weighted by Crippen LogP contribution is 2.12. The second-order valence-electron chi connectivity index (χ2n) is 3.57. The Morgan fingerprint density at radius 3 is 2.82 bits per heavy atom. The molecular formula is C11H8N4O2. The molecule has 0 aliphatic heterocycles. The molecule has 0 fully saturated rings. The lowest BCUT2D eigenvalue weighted by Crippen LogP contribution is -2.09. The van der Waals surface area contributed by atoms with E-state index in [9.17, 15) is 4.79 Å². The van der Waals surface area contributed by atoms with Crippen LogP contribution in [-0.2, 0) is 0 Å². The van der Waals surface area contributed by atoms with Gasteiger partial charge in [-0.15, -0.1) is 0 Å². The Morgan fingerprint density at radius 2 is 2.06 bits per heavy atom. The van der Waals surface area contributed by atoms with Crippen molar-refractivity contribution < 1.29 is 4.52 Å². The molecule has 3 rings (SSSR count). The van der Waals surface area contributed by atoms with Crippen LogP contribution in [-0.4, -0.2) is 20.1 Å². The monoisotopic (exact) mass is 228 g/mol. The van der Waals surface area contributed by atoms with Crippen LogP contribution < -0.4 is 5.56 Å². The van der Waals surface area contributed by atoms with Gasteiger partial charge in [0, 0.05) is 6.92 Å². The zero-order valence-corrected chi connectivity index (χ0v) is 8.97. The van der Waals surface area contributed by atoms with Crippen LogP contribution in [0.1, 0.15) is 5.89 Å². The molecule has 2 aromatic heterocycles. The maximum Gasteiger partial charge on any atom is 0.259 e. The first-order valence-corrected chi connectivity index (χ1v) is 5.04. The quantitative estimate of drug-likeness (QED) is 0.678. The number of rotatable bonds is 1. The van der Waals surface area contributed by atoms with Crippen molar-refractivity contribution in [3.63, 3.8) is 0 Å². The number of hydrogen-bond donors (Lipinski definition) is 1. The molecule has 1 N–H and O–H groups in total. The second-order valence-corrected chi connectivity index (χ2v) is 3.57. The van der Waals surface area contributed by atoms with Crippen molar-refractivity contribution in [3.05, 3.63) is 40.5 Å². The molecule has 0 unspecified atom stereocenters. The minimum Gasteiger partial charge on any atom is -0.339 e. The number of aromatic nitrogens is 4. The first-order valence-electron chi connectivity index (χ1n) is 5.04. The maximum atomic E-state index is 11.8. The number of fused-ring (bicyclic) bond motifs is 1. The predicted octanol–water partition coefficient (Wildman–Crippen LogP) is 1.28. The zero-order chi connectivity index (χ0) is 11.8. The summed E-state index contributed by atoms with van der Waals surface area (Å²) in [4.78, 5) is 22.7. The minimum atomic E-state index is -0.215. The highest BCUT2D eigenvalue weighted by molar-refractivity contribution is 5.78. The Hall–Kier alpha value is -2.50. The van der Waals surface area contributed by atoms with Gasteiger partial charge in [0.25, 0.3) is 5.56 Å². The standard InChI is InChI=1S/C11H8N4O2/c1-6-12-10(15-17-6)9-13-8-5-3-2-4-7(8)11(16)14-9/h2-5H,1H3,(H,13,14,16). The van der Waals surface area contributed by atoms with Crippen LogP contribution in [0, 0.1) is 6.92 Å². The van der Waals surface area contributed by atoms with Crippen LogP contribution in [0.2, 0.25) is 0 Å². The van der Waals surface area contributed by atoms with Gasteiger partial charge in [0.05, 0.1) is 10.9 Å². The van der Waals surface area contributed by atoms with E-state index in [0.717, 1.165) is 0 Å². The third-order valence-electron chi connectivity index (χ3n) is 2.35. The smallest absolute Gasteiger partial charge is 0.259 e. The molecule has 0 atom stereocenters. The largest absolute Gasteiger partial charge is 0.339 e. The highest BCUT2D eigenvalue weighted by atomic mass is 16.5. The van der Waals surface area contributed by atoms with Crippen molar-refractivity contribution >= 4 is 10.9 Å². The summed E-state index contributed by atoms with van der Waals surface area (Å²) in [6, 6.07) is 7.09. The predicted molar refractivity (Wildman–Crippen MR) is 60.4 cm³/mol. The number of para-hydroxylation sites is 1. The molecule has 0 saturated heterocycles. The zero-order valence-electron chi connectivity index (χ0n) is 8.97. The molecule has 0 aliphatic carbocycles. The number of nitrogens with one attached hydrogen (secondary N) is 1. The first kappa shape index (κ1) is 9.71. The average Bonchev–Trinajstić information content (AvgIpc) is 2.76. The van der Waals surface area contributed by atoms with E-state index in [0.29, 0.717) is 22.6 Å². The Bertz CT molecular complexity index is 744. The summed E-state index contributed by atoms with van der Waals surface area (Å²) in [5.74, 6) is 1.02. The number of aryl methyl sites for hydroxylation is 1. The van der Waals surface area contributed by atoms with Gasteiger partial charge in [-0.05, 0) is 12.1 Å². The number of aromatic amines is 1. The third-order valence-corrected chi connectivity index (χ3v) is 2.35. The van der Waals surface area contributed by atoms with Gasteiger partial charge in [0.15, 0.2) is 5.82 Å². The molecule has 0 bridgehead atoms. The lowest BCUT2D eigenvalue weighted by molar-refractivity contribution is 0.394. The van der Waals surface area contributed by atoms with Gasteiger partial charge >= 0.3 is 0 Å². The minimum absolute atomic E-state index is 0.215. The summed E-state index contributed by atoms with van der Waals surface area (Å²) in [6.45, 7) is 1.68. The molecule has 0 radical (unpaired) electrons. The second kappa shape index (κ2) is 3.51. The number of hydrogen-bond acceptors (Lipinski definition) is 5.